The van der Waals surface area contributed by atoms with E-state index in [1.54, 1.807) is 21.1 Å². The minimum atomic E-state index is -0.746. The van der Waals surface area contributed by atoms with Crippen LogP contribution in [0.4, 0.5) is 0 Å². The first kappa shape index (κ1) is 21.9. The maximum Gasteiger partial charge on any atom is 0.358 e. The molecule has 1 aromatic heterocycles. The van der Waals surface area contributed by atoms with Crippen LogP contribution < -0.4 is 5.00 Å². The Bertz CT molecular complexity index is 792. The summed E-state index contributed by atoms with van der Waals surface area (Å²) < 4.78 is 5.30. The van der Waals surface area contributed by atoms with Crippen LogP contribution >= 0.6 is 8.96 Å². The van der Waals surface area contributed by atoms with E-state index in [0.29, 0.717) is 12.2 Å². The molecule has 3 rings (SSSR count). The first-order valence-electron chi connectivity index (χ1n) is 9.82. The van der Waals surface area contributed by atoms with E-state index in [9.17, 15) is 14.7 Å². The molecule has 29 heavy (non-hydrogen) atoms. The maximum absolute atomic E-state index is 12.7. The van der Waals surface area contributed by atoms with Crippen molar-refractivity contribution in [1.82, 2.24) is 19.8 Å². The van der Waals surface area contributed by atoms with Crippen molar-refractivity contribution in [3.8, 4) is 0 Å². The van der Waals surface area contributed by atoms with E-state index in [-0.39, 0.29) is 26.8 Å². The molecule has 1 unspecified atom stereocenters. The summed E-state index contributed by atoms with van der Waals surface area (Å²) in [7, 11) is 3.52. The number of rotatable bonds is 9. The fourth-order valence-corrected chi connectivity index (χ4v) is 4.50. The zero-order valence-corrected chi connectivity index (χ0v) is 18.3. The van der Waals surface area contributed by atoms with E-state index >= 15 is 0 Å². The van der Waals surface area contributed by atoms with Crippen molar-refractivity contribution < 1.29 is 19.2 Å². The highest BCUT2D eigenvalue weighted by Crippen LogP contribution is 2.47. The van der Waals surface area contributed by atoms with Crippen LogP contribution in [-0.2, 0) is 20.5 Å². The summed E-state index contributed by atoms with van der Waals surface area (Å²) in [5.74, 6) is -1.19. The van der Waals surface area contributed by atoms with Gasteiger partial charge in [0.2, 0.25) is 5.91 Å². The van der Waals surface area contributed by atoms with E-state index in [1.807, 2.05) is 32.2 Å². The highest BCUT2D eigenvalue weighted by Gasteiger charge is 2.59. The minimum Gasteiger partial charge on any atom is -0.428 e. The molecule has 1 fully saturated rings. The van der Waals surface area contributed by atoms with Gasteiger partial charge in [0, 0.05) is 37.3 Å². The van der Waals surface area contributed by atoms with Gasteiger partial charge in [-0.3, -0.25) is 9.78 Å². The third kappa shape index (κ3) is 4.38. The van der Waals surface area contributed by atoms with E-state index in [2.05, 4.69) is 14.9 Å². The van der Waals surface area contributed by atoms with E-state index in [4.69, 9.17) is 4.52 Å². The summed E-state index contributed by atoms with van der Waals surface area (Å²) in [6, 6.07) is 5.65. The van der Waals surface area contributed by atoms with Gasteiger partial charge >= 0.3 is 5.97 Å². The summed E-state index contributed by atoms with van der Waals surface area (Å²) >= 11 is 0. The van der Waals surface area contributed by atoms with Crippen molar-refractivity contribution in [1.29, 1.82) is 0 Å². The fraction of sp³-hybridized carbons (Fsp3) is 0.526. The molecule has 10 heteroatoms. The number of aromatic nitrogens is 1. The summed E-state index contributed by atoms with van der Waals surface area (Å²) in [6.07, 6.45) is 1.83. The number of nitrogens with one attached hydrogen (secondary N) is 1. The van der Waals surface area contributed by atoms with Crippen molar-refractivity contribution in [2.75, 3.05) is 20.1 Å². The zero-order valence-electron chi connectivity index (χ0n) is 17.3. The van der Waals surface area contributed by atoms with Crippen LogP contribution in [0.25, 0.3) is 0 Å². The third-order valence-electron chi connectivity index (χ3n) is 5.67. The van der Waals surface area contributed by atoms with Crippen molar-refractivity contribution in [3.05, 3.63) is 41.4 Å². The van der Waals surface area contributed by atoms with Crippen molar-refractivity contribution >= 4 is 28.8 Å². The number of nitrogens with zero attached hydrogens (tertiary/aromatic N) is 3. The lowest BCUT2D eigenvalue weighted by Crippen LogP contribution is -2.63. The van der Waals surface area contributed by atoms with Crippen molar-refractivity contribution in [3.63, 3.8) is 0 Å². The Morgan fingerprint density at radius 1 is 1.52 bits per heavy atom. The monoisotopic (exact) mass is 418 g/mol. The summed E-state index contributed by atoms with van der Waals surface area (Å²) in [5.41, 5.74) is 2.24. The molecule has 3 heterocycles. The Hall–Kier alpha value is -1.80. The Labute approximate surface area is 174 Å². The molecule has 0 bridgehead atoms. The fourth-order valence-electron chi connectivity index (χ4n) is 4.21. The molecule has 2 N–H and O–H groups in total. The second-order valence-corrected chi connectivity index (χ2v) is 8.59. The number of carbonyl (C=O) groups is 2. The van der Waals surface area contributed by atoms with Crippen molar-refractivity contribution in [2.24, 2.45) is 11.8 Å². The SMILES string of the molecule is BNPOC(=O)C1=C(CN(C)CCc2ccccn2)[C@H](C)[C@@H]2[C@@H]([C@@H](C)O)C(=O)N12. The molecule has 156 valence electrons. The lowest BCUT2D eigenvalue weighted by Gasteiger charge is -2.46. The predicted octanol–water partition coefficient (Wildman–Crippen LogP) is -0.143. The third-order valence-corrected chi connectivity index (χ3v) is 6.16. The average molecular weight is 418 g/mol. The van der Waals surface area contributed by atoms with Gasteiger partial charge in [0.15, 0.2) is 7.98 Å². The Morgan fingerprint density at radius 2 is 2.28 bits per heavy atom. The van der Waals surface area contributed by atoms with E-state index < -0.39 is 18.0 Å². The second-order valence-electron chi connectivity index (χ2n) is 7.68. The number of carbonyl (C=O) groups excluding carboxylic acids is 2. The van der Waals surface area contributed by atoms with Gasteiger partial charge < -0.3 is 24.4 Å². The van der Waals surface area contributed by atoms with Crippen LogP contribution in [0.5, 0.6) is 0 Å². The highest BCUT2D eigenvalue weighted by atomic mass is 31.1. The highest BCUT2D eigenvalue weighted by molar-refractivity contribution is 7.32. The van der Waals surface area contributed by atoms with Gasteiger partial charge in [-0.25, -0.2) is 4.79 Å². The minimum absolute atomic E-state index is 0.0231. The van der Waals surface area contributed by atoms with Crippen LogP contribution in [0, 0.1) is 11.8 Å². The van der Waals surface area contributed by atoms with Gasteiger partial charge in [-0.15, -0.1) is 0 Å². The Morgan fingerprint density at radius 3 is 2.90 bits per heavy atom. The van der Waals surface area contributed by atoms with Gasteiger partial charge in [-0.05, 0) is 31.7 Å². The number of β-lactam (4-membered cyclic amide) rings is 1. The Balaban J connectivity index is 1.77. The number of hydrogen-bond donors (Lipinski definition) is 2. The van der Waals surface area contributed by atoms with Crippen LogP contribution in [0.3, 0.4) is 0 Å². The molecule has 0 spiro atoms. The van der Waals surface area contributed by atoms with Gasteiger partial charge in [0.1, 0.15) is 14.7 Å². The molecule has 2 aliphatic rings. The van der Waals surface area contributed by atoms with E-state index in [1.165, 1.54) is 4.90 Å². The van der Waals surface area contributed by atoms with Crippen LogP contribution in [0.1, 0.15) is 19.5 Å². The molecule has 0 aromatic carbocycles. The average Bonchev–Trinajstić information content (AvgIpc) is 2.93. The van der Waals surface area contributed by atoms with Gasteiger partial charge in [0.05, 0.1) is 18.1 Å². The summed E-state index contributed by atoms with van der Waals surface area (Å²) in [4.78, 5) is 36.2. The molecule has 0 radical (unpaired) electrons. The molecule has 1 amide bonds. The van der Waals surface area contributed by atoms with Gasteiger partial charge in [-0.2, -0.15) is 0 Å². The molecule has 8 nitrogen and oxygen atoms in total. The number of likely N-dealkylation sites (N-methyl/N-ethyl adjacent to an activating group) is 1. The molecular weight excluding hydrogens is 390 g/mol. The largest absolute Gasteiger partial charge is 0.428 e. The number of amides is 1. The summed E-state index contributed by atoms with van der Waals surface area (Å²) in [5, 5.41) is 10.0. The zero-order chi connectivity index (χ0) is 21.1. The molecule has 0 aliphatic carbocycles. The molecule has 1 saturated heterocycles. The molecule has 2 aliphatic heterocycles. The normalized spacial score (nSPS) is 24.9. The van der Waals surface area contributed by atoms with Gasteiger partial charge in [-0.1, -0.05) is 13.0 Å². The lowest BCUT2D eigenvalue weighted by atomic mass is 9.77. The van der Waals surface area contributed by atoms with Gasteiger partial charge in [0.25, 0.3) is 0 Å². The number of aliphatic hydroxyl groups is 1. The Kier molecular flexibility index (Phi) is 7.06. The quantitative estimate of drug-likeness (QED) is 0.328. The number of fused-ring (bicyclic) bond motifs is 1. The van der Waals surface area contributed by atoms with Crippen LogP contribution in [0.2, 0.25) is 0 Å². The lowest BCUT2D eigenvalue weighted by molar-refractivity contribution is -0.162. The number of aliphatic hydroxyl groups excluding tert-OH is 1. The maximum atomic E-state index is 12.7. The van der Waals surface area contributed by atoms with Crippen LogP contribution in [0.15, 0.2) is 35.7 Å². The first-order valence-corrected chi connectivity index (χ1v) is 10.7. The predicted molar refractivity (Wildman–Crippen MR) is 114 cm³/mol. The smallest absolute Gasteiger partial charge is 0.358 e. The number of hydrogen-bond acceptors (Lipinski definition) is 7. The topological polar surface area (TPSA) is 95.0 Å². The second kappa shape index (κ2) is 9.35. The van der Waals surface area contributed by atoms with E-state index in [0.717, 1.165) is 24.2 Å². The molecule has 5 atom stereocenters. The standard InChI is InChI=1S/C19H28BN4O4P/c1-11-14(10-23(3)9-7-13-6-4-5-8-21-13)17(19(27)28-29-22-20)24-16(11)15(12(2)25)18(24)26/h4-6,8,11-12,15-16,22,25,29H,7,9-10,20H2,1-3H3/t11-,12+,15+,16+/m0/s1. The molecule has 1 aromatic rings. The molecular formula is C19H28BN4O4P. The van der Waals surface area contributed by atoms with Crippen LogP contribution in [-0.4, -0.2) is 72.0 Å². The molecule has 0 saturated carbocycles. The number of pyridine rings is 1. The summed E-state index contributed by atoms with van der Waals surface area (Å²) in [6.45, 7) is 4.96. The van der Waals surface area contributed by atoms with Crippen molar-refractivity contribution in [2.45, 2.75) is 32.4 Å². The first-order chi connectivity index (χ1) is 13.9.